The van der Waals surface area contributed by atoms with Gasteiger partial charge in [-0.1, -0.05) is 24.0 Å². The van der Waals surface area contributed by atoms with Crippen molar-refractivity contribution < 1.29 is 82.4 Å². The largest absolute Gasteiger partial charge is 0.453 e. The summed E-state index contributed by atoms with van der Waals surface area (Å²) in [6.45, 7) is -0.0623. The summed E-state index contributed by atoms with van der Waals surface area (Å²) in [4.78, 5) is 62.2. The van der Waals surface area contributed by atoms with Gasteiger partial charge in [0.1, 0.15) is 28.9 Å². The fourth-order valence-corrected chi connectivity index (χ4v) is 9.30. The van der Waals surface area contributed by atoms with Gasteiger partial charge in [-0.2, -0.15) is 40.2 Å². The number of piperidine rings is 1. The van der Waals surface area contributed by atoms with Crippen LogP contribution < -0.4 is 26.3 Å². The lowest BCUT2D eigenvalue weighted by atomic mass is 9.82. The van der Waals surface area contributed by atoms with E-state index in [0.717, 1.165) is 65.0 Å². The van der Waals surface area contributed by atoms with Crippen molar-refractivity contribution in [2.75, 3.05) is 51.9 Å². The monoisotopic (exact) mass is 1140 g/mol. The summed E-state index contributed by atoms with van der Waals surface area (Å²) >= 11 is 0. The summed E-state index contributed by atoms with van der Waals surface area (Å²) in [6, 6.07) is 9.17. The van der Waals surface area contributed by atoms with Crippen molar-refractivity contribution in [2.45, 2.75) is 108 Å². The van der Waals surface area contributed by atoms with E-state index in [9.17, 15) is 59.4 Å². The highest BCUT2D eigenvalue weighted by Crippen LogP contribution is 2.43. The van der Waals surface area contributed by atoms with Crippen LogP contribution in [0.3, 0.4) is 0 Å². The zero-order chi connectivity index (χ0) is 58.6. The van der Waals surface area contributed by atoms with E-state index in [4.69, 9.17) is 9.47 Å². The Balaban J connectivity index is 1.18. The van der Waals surface area contributed by atoms with E-state index in [-0.39, 0.29) is 21.5 Å². The molecule has 8 rings (SSSR count). The molecular formula is C52H58F10N10O8. The number of aliphatic hydroxyl groups excluding tert-OH is 1. The number of methoxy groups -OCH3 is 1. The van der Waals surface area contributed by atoms with Gasteiger partial charge in [0.2, 0.25) is 5.91 Å². The fourth-order valence-electron chi connectivity index (χ4n) is 9.30. The number of piperazine rings is 1. The standard InChI is InChI=1S/C52H58F10N10O8/c1-49(2,51(57,58)59)42(66-48(77)78-6)44(74)65-39(17-29-10-7-28(8-11-29)9-12-30-13-14-41(64-21-30)69-22-32-20-33(23-69)72(32)34-26-79-27-34)40(73)25-70(68-45(75)43(80-47(76)63-5)50(3,4)52(60,61)62)24-35-36(53)18-31(19-37(35)54)38-15-16-71(67-38)46(55)56/h7-8,10-11,13-16,18-19,21,32-34,39-40,42-43,46,73H,17,20,22-27H2,1-6H3,(H,63,76)(H,65,74)(H,66,77)(H,68,75)/t32-,33-,39-,40-,42+,43+/m0/s1. The summed E-state index contributed by atoms with van der Waals surface area (Å²) in [7, 11) is 1.79. The van der Waals surface area contributed by atoms with Gasteiger partial charge in [0, 0.05) is 80.0 Å². The van der Waals surface area contributed by atoms with Crippen molar-refractivity contribution >= 4 is 29.8 Å². The van der Waals surface area contributed by atoms with E-state index in [2.05, 4.69) is 41.8 Å². The minimum atomic E-state index is -5.26. The lowest BCUT2D eigenvalue weighted by molar-refractivity contribution is -0.239. The van der Waals surface area contributed by atoms with E-state index in [1.165, 1.54) is 24.3 Å². The zero-order valence-corrected chi connectivity index (χ0v) is 43.9. The molecule has 4 aliphatic rings. The normalized spacial score (nSPS) is 18.4. The number of carbonyl (C=O) groups is 4. The molecule has 2 bridgehead atoms. The van der Waals surface area contributed by atoms with Crippen molar-refractivity contribution in [2.24, 2.45) is 10.8 Å². The number of hydrogen-bond acceptors (Lipinski definition) is 13. The minimum absolute atomic E-state index is 0.197. The highest BCUT2D eigenvalue weighted by atomic mass is 19.4. The Kier molecular flexibility index (Phi) is 18.3. The molecule has 4 saturated heterocycles. The maximum atomic E-state index is 16.0. The number of aromatic nitrogens is 3. The number of nitrogens with one attached hydrogen (secondary N) is 4. The number of alkyl carbamates (subject to hydrolysis) is 2. The number of benzene rings is 2. The van der Waals surface area contributed by atoms with Gasteiger partial charge in [0.15, 0.2) is 6.10 Å². The van der Waals surface area contributed by atoms with Gasteiger partial charge in [0.25, 0.3) is 5.91 Å². The average molecular weight is 1140 g/mol. The van der Waals surface area contributed by atoms with Crippen LogP contribution in [0.1, 0.15) is 62.9 Å². The van der Waals surface area contributed by atoms with Crippen LogP contribution in [0, 0.1) is 34.3 Å². The predicted octanol–water partition coefficient (Wildman–Crippen LogP) is 6.23. The number of alkyl halides is 8. The number of hydrogen-bond donors (Lipinski definition) is 5. The first kappa shape index (κ1) is 60.4. The number of hydrazine groups is 1. The molecule has 6 heterocycles. The van der Waals surface area contributed by atoms with Gasteiger partial charge in [-0.05, 0) is 88.6 Å². The molecule has 2 aromatic carbocycles. The average Bonchev–Trinajstić information content (AvgIpc) is 3.89. The van der Waals surface area contributed by atoms with Crippen molar-refractivity contribution in [1.82, 2.24) is 46.0 Å². The third-order valence-corrected chi connectivity index (χ3v) is 14.4. The van der Waals surface area contributed by atoms with Gasteiger partial charge in [0.05, 0.1) is 49.6 Å². The van der Waals surface area contributed by atoms with E-state index >= 15 is 8.78 Å². The first-order valence-corrected chi connectivity index (χ1v) is 24.9. The molecule has 6 atom stereocenters. The minimum Gasteiger partial charge on any atom is -0.453 e. The second-order valence-electron chi connectivity index (χ2n) is 20.6. The van der Waals surface area contributed by atoms with Crippen molar-refractivity contribution in [3.8, 4) is 23.1 Å². The van der Waals surface area contributed by atoms with E-state index in [1.54, 1.807) is 6.20 Å². The number of pyridine rings is 1. The van der Waals surface area contributed by atoms with Gasteiger partial charge in [-0.25, -0.2) is 33.0 Å². The molecule has 4 aliphatic heterocycles. The summed E-state index contributed by atoms with van der Waals surface area (Å²) in [5.74, 6) is 0.667. The molecule has 4 fully saturated rings. The molecule has 4 amide bonds. The lowest BCUT2D eigenvalue weighted by Crippen LogP contribution is -2.74. The van der Waals surface area contributed by atoms with Crippen LogP contribution >= 0.6 is 0 Å². The number of aliphatic hydroxyl groups is 1. The summed E-state index contributed by atoms with van der Waals surface area (Å²) < 4.78 is 161. The number of nitrogens with zero attached hydrogens (tertiary/aromatic N) is 6. The van der Waals surface area contributed by atoms with Crippen molar-refractivity contribution in [3.63, 3.8) is 0 Å². The quantitative estimate of drug-likeness (QED) is 0.0402. The highest BCUT2D eigenvalue weighted by Gasteiger charge is 2.58. The van der Waals surface area contributed by atoms with E-state index in [1.807, 2.05) is 28.2 Å². The number of amides is 4. The van der Waals surface area contributed by atoms with Crippen molar-refractivity contribution in [1.29, 1.82) is 0 Å². The van der Waals surface area contributed by atoms with Crippen LogP contribution in [0.5, 0.6) is 0 Å². The molecule has 0 spiro atoms. The van der Waals surface area contributed by atoms with E-state index < -0.39 is 115 Å². The van der Waals surface area contributed by atoms with Gasteiger partial charge in [-0.3, -0.25) is 19.9 Å². The molecule has 80 heavy (non-hydrogen) atoms. The molecule has 0 aliphatic carbocycles. The number of ether oxygens (including phenoxy) is 3. The Bertz CT molecular complexity index is 2890. The fraction of sp³-hybridized carbons (Fsp3) is 0.500. The number of rotatable bonds is 19. The Morgan fingerprint density at radius 3 is 1.98 bits per heavy atom. The molecule has 4 aromatic rings. The molecule has 18 nitrogen and oxygen atoms in total. The SMILES string of the molecule is CNC(=O)O[C@H](C(=O)NN(Cc1c(F)cc(-c2ccn(C(F)F)n2)cc1F)C[C@H](O)[C@H](Cc1ccc(C#Cc2ccc(N3C[C@@H]4C[C@@H](C3)N4C3COC3)nc2)cc1)NC(=O)[C@@H](NC(=O)OC)C(C)(C)C(F)(F)F)C(C)(C)C(F)(F)F. The van der Waals surface area contributed by atoms with Crippen LogP contribution in [0.4, 0.5) is 59.3 Å². The molecule has 2 aromatic heterocycles. The van der Waals surface area contributed by atoms with Crippen LogP contribution in [-0.2, 0) is 36.8 Å². The Labute approximate surface area is 452 Å². The summed E-state index contributed by atoms with van der Waals surface area (Å²) in [5, 5.41) is 22.2. The molecule has 0 radical (unpaired) electrons. The number of anilines is 1. The van der Waals surface area contributed by atoms with Crippen LogP contribution in [0.2, 0.25) is 0 Å². The lowest BCUT2D eigenvalue weighted by Gasteiger charge is -2.60. The molecule has 0 saturated carbocycles. The maximum absolute atomic E-state index is 16.0. The third kappa shape index (κ3) is 13.7. The van der Waals surface area contributed by atoms with Crippen LogP contribution in [-0.4, -0.2) is 156 Å². The first-order valence-electron chi connectivity index (χ1n) is 24.9. The number of fused-ring (bicyclic) bond motifs is 2. The molecular weight excluding hydrogens is 1080 g/mol. The topological polar surface area (TPSA) is 205 Å². The smallest absolute Gasteiger partial charge is 0.407 e. The number of carbonyl (C=O) groups excluding carboxylic acids is 4. The molecule has 434 valence electrons. The second-order valence-corrected chi connectivity index (χ2v) is 20.6. The Morgan fingerprint density at radius 1 is 0.838 bits per heavy atom. The molecule has 28 heteroatoms. The first-order chi connectivity index (χ1) is 37.5. The number of halogens is 10. The second kappa shape index (κ2) is 24.2. The van der Waals surface area contributed by atoms with Crippen LogP contribution in [0.15, 0.2) is 67.0 Å². The Hall–Kier alpha value is -7.22. The van der Waals surface area contributed by atoms with Gasteiger partial charge in [-0.15, -0.1) is 0 Å². The molecule has 5 N–H and O–H groups in total. The Morgan fingerprint density at radius 2 is 1.45 bits per heavy atom. The van der Waals surface area contributed by atoms with Gasteiger partial charge >= 0.3 is 31.1 Å². The summed E-state index contributed by atoms with van der Waals surface area (Å²) in [5.41, 5.74) is -4.55. The van der Waals surface area contributed by atoms with Crippen LogP contribution in [0.25, 0.3) is 11.3 Å². The van der Waals surface area contributed by atoms with Gasteiger partial charge < -0.3 is 40.2 Å². The maximum Gasteiger partial charge on any atom is 0.407 e. The summed E-state index contributed by atoms with van der Waals surface area (Å²) in [6.07, 6.45) is -15.2. The highest BCUT2D eigenvalue weighted by molar-refractivity contribution is 5.87. The predicted molar refractivity (Wildman–Crippen MR) is 265 cm³/mol. The van der Waals surface area contributed by atoms with Crippen molar-refractivity contribution in [3.05, 3.63) is 101 Å². The van der Waals surface area contributed by atoms with E-state index in [0.29, 0.717) is 74.1 Å². The third-order valence-electron chi connectivity index (χ3n) is 14.4. The molecule has 0 unspecified atom stereocenters. The zero-order valence-electron chi connectivity index (χ0n) is 43.9.